The zero-order chi connectivity index (χ0) is 11.5. The molecule has 0 bridgehead atoms. The van der Waals surface area contributed by atoms with E-state index in [0.29, 0.717) is 19.5 Å². The van der Waals surface area contributed by atoms with Crippen molar-refractivity contribution in [1.29, 1.82) is 0 Å². The summed E-state index contributed by atoms with van der Waals surface area (Å²) in [6.07, 6.45) is 1.22. The van der Waals surface area contributed by atoms with Gasteiger partial charge in [0.2, 0.25) is 5.91 Å². The van der Waals surface area contributed by atoms with Gasteiger partial charge in [-0.15, -0.1) is 0 Å². The molecular formula is C12H15FN2O. The Labute approximate surface area is 94.0 Å². The fraction of sp³-hybridized carbons (Fsp3) is 0.417. The molecule has 1 aliphatic rings. The molecule has 1 aromatic carbocycles. The Hall–Kier alpha value is -1.42. The van der Waals surface area contributed by atoms with Gasteiger partial charge in [0.05, 0.1) is 0 Å². The Bertz CT molecular complexity index is 394. The van der Waals surface area contributed by atoms with Crippen LogP contribution in [0.15, 0.2) is 24.3 Å². The first-order valence-electron chi connectivity index (χ1n) is 5.43. The Balaban J connectivity index is 2.02. The number of halogens is 1. The summed E-state index contributed by atoms with van der Waals surface area (Å²) in [7, 11) is 0. The lowest BCUT2D eigenvalue weighted by Gasteiger charge is -2.30. The summed E-state index contributed by atoms with van der Waals surface area (Å²) < 4.78 is 13.0. The van der Waals surface area contributed by atoms with Gasteiger partial charge in [0.1, 0.15) is 5.82 Å². The lowest BCUT2D eigenvalue weighted by Crippen LogP contribution is -2.43. The molecule has 1 aliphatic heterocycles. The lowest BCUT2D eigenvalue weighted by atomic mass is 10.0. The molecule has 0 saturated carbocycles. The molecule has 1 fully saturated rings. The molecule has 3 nitrogen and oxygen atoms in total. The molecule has 4 heteroatoms. The molecule has 16 heavy (non-hydrogen) atoms. The van der Waals surface area contributed by atoms with Crippen LogP contribution in [-0.4, -0.2) is 23.4 Å². The largest absolute Gasteiger partial charge is 0.338 e. The molecule has 1 amide bonds. The fourth-order valence-electron chi connectivity index (χ4n) is 1.92. The van der Waals surface area contributed by atoms with Crippen LogP contribution >= 0.6 is 0 Å². The minimum atomic E-state index is -0.265. The molecule has 2 N–H and O–H groups in total. The minimum Gasteiger partial charge on any atom is -0.338 e. The van der Waals surface area contributed by atoms with E-state index in [0.717, 1.165) is 12.0 Å². The van der Waals surface area contributed by atoms with Crippen molar-refractivity contribution in [2.75, 3.05) is 6.54 Å². The summed E-state index contributed by atoms with van der Waals surface area (Å²) in [5.41, 5.74) is 6.52. The summed E-state index contributed by atoms with van der Waals surface area (Å²) in [6.45, 7) is 1.14. The van der Waals surface area contributed by atoms with Gasteiger partial charge < -0.3 is 10.6 Å². The van der Waals surface area contributed by atoms with E-state index in [-0.39, 0.29) is 17.8 Å². The highest BCUT2D eigenvalue weighted by atomic mass is 19.1. The number of piperidine rings is 1. The average Bonchev–Trinajstić information content (AvgIpc) is 2.22. The van der Waals surface area contributed by atoms with Gasteiger partial charge in [0.25, 0.3) is 0 Å². The minimum absolute atomic E-state index is 0.0174. The number of rotatable bonds is 2. The Morgan fingerprint density at radius 1 is 1.50 bits per heavy atom. The first-order valence-corrected chi connectivity index (χ1v) is 5.43. The van der Waals surface area contributed by atoms with Crippen molar-refractivity contribution < 1.29 is 9.18 Å². The van der Waals surface area contributed by atoms with Crippen molar-refractivity contribution in [2.45, 2.75) is 25.4 Å². The number of hydrogen-bond acceptors (Lipinski definition) is 2. The summed E-state index contributed by atoms with van der Waals surface area (Å²) in [5, 5.41) is 0. The van der Waals surface area contributed by atoms with Gasteiger partial charge in [0.15, 0.2) is 0 Å². The highest BCUT2D eigenvalue weighted by molar-refractivity contribution is 5.77. The number of benzene rings is 1. The summed E-state index contributed by atoms with van der Waals surface area (Å²) in [5.74, 6) is -0.207. The third-order valence-electron chi connectivity index (χ3n) is 2.82. The third-order valence-corrected chi connectivity index (χ3v) is 2.82. The molecule has 0 radical (unpaired) electrons. The number of amides is 1. The average molecular weight is 222 g/mol. The van der Waals surface area contributed by atoms with Crippen LogP contribution in [0.1, 0.15) is 18.4 Å². The maximum Gasteiger partial charge on any atom is 0.224 e. The molecular weight excluding hydrogens is 207 g/mol. The SMILES string of the molecule is NC1CCN(Cc2cccc(F)c2)C(=O)C1. The summed E-state index contributed by atoms with van der Waals surface area (Å²) in [4.78, 5) is 13.4. The predicted molar refractivity (Wildman–Crippen MR) is 59.0 cm³/mol. The van der Waals surface area contributed by atoms with Crippen molar-refractivity contribution in [1.82, 2.24) is 4.90 Å². The van der Waals surface area contributed by atoms with Crippen molar-refractivity contribution >= 4 is 5.91 Å². The van der Waals surface area contributed by atoms with Crippen LogP contribution < -0.4 is 5.73 Å². The van der Waals surface area contributed by atoms with E-state index in [9.17, 15) is 9.18 Å². The van der Waals surface area contributed by atoms with Gasteiger partial charge >= 0.3 is 0 Å². The third kappa shape index (κ3) is 2.58. The topological polar surface area (TPSA) is 46.3 Å². The Kier molecular flexibility index (Phi) is 3.19. The lowest BCUT2D eigenvalue weighted by molar-refractivity contribution is -0.134. The molecule has 1 unspecified atom stereocenters. The second-order valence-electron chi connectivity index (χ2n) is 4.20. The molecule has 86 valence electrons. The molecule has 0 aromatic heterocycles. The molecule has 1 heterocycles. The Morgan fingerprint density at radius 2 is 2.31 bits per heavy atom. The second-order valence-corrected chi connectivity index (χ2v) is 4.20. The summed E-state index contributed by atoms with van der Waals surface area (Å²) >= 11 is 0. The fourth-order valence-corrected chi connectivity index (χ4v) is 1.92. The van der Waals surface area contributed by atoms with Crippen molar-refractivity contribution in [3.63, 3.8) is 0 Å². The normalized spacial score (nSPS) is 21.2. The van der Waals surface area contributed by atoms with E-state index in [1.807, 2.05) is 6.07 Å². The van der Waals surface area contributed by atoms with E-state index in [1.54, 1.807) is 11.0 Å². The first kappa shape index (κ1) is 11.1. The van der Waals surface area contributed by atoms with Crippen molar-refractivity contribution in [3.05, 3.63) is 35.6 Å². The van der Waals surface area contributed by atoms with E-state index in [2.05, 4.69) is 0 Å². The number of likely N-dealkylation sites (tertiary alicyclic amines) is 1. The van der Waals surface area contributed by atoms with Crippen LogP contribution in [-0.2, 0) is 11.3 Å². The van der Waals surface area contributed by atoms with Crippen LogP contribution in [0.2, 0.25) is 0 Å². The molecule has 0 aliphatic carbocycles. The highest BCUT2D eigenvalue weighted by Gasteiger charge is 2.23. The van der Waals surface area contributed by atoms with Gasteiger partial charge in [0, 0.05) is 25.6 Å². The van der Waals surface area contributed by atoms with Gasteiger partial charge in [-0.3, -0.25) is 4.79 Å². The second kappa shape index (κ2) is 4.61. The number of nitrogens with zero attached hydrogens (tertiary/aromatic N) is 1. The number of carbonyl (C=O) groups excluding carboxylic acids is 1. The molecule has 1 aromatic rings. The number of hydrogen-bond donors (Lipinski definition) is 1. The first-order chi connectivity index (χ1) is 7.65. The standard InChI is InChI=1S/C12H15FN2O/c13-10-3-1-2-9(6-10)8-15-5-4-11(14)7-12(15)16/h1-3,6,11H,4-5,7-8,14H2. The maximum absolute atomic E-state index is 13.0. The predicted octanol–water partition coefficient (Wildman–Crippen LogP) is 1.28. The van der Waals surface area contributed by atoms with Gasteiger partial charge in [-0.25, -0.2) is 4.39 Å². The van der Waals surface area contributed by atoms with Gasteiger partial charge in [-0.2, -0.15) is 0 Å². The maximum atomic E-state index is 13.0. The van der Waals surface area contributed by atoms with Crippen molar-refractivity contribution in [2.24, 2.45) is 5.73 Å². The molecule has 1 saturated heterocycles. The van der Waals surface area contributed by atoms with Crippen molar-refractivity contribution in [3.8, 4) is 0 Å². The van der Waals surface area contributed by atoms with Crippen LogP contribution in [0, 0.1) is 5.82 Å². The molecule has 0 spiro atoms. The number of carbonyl (C=O) groups is 1. The zero-order valence-electron chi connectivity index (χ0n) is 9.03. The van der Waals surface area contributed by atoms with Gasteiger partial charge in [-0.1, -0.05) is 12.1 Å². The Morgan fingerprint density at radius 3 is 3.00 bits per heavy atom. The van der Waals surface area contributed by atoms with Crippen LogP contribution in [0.25, 0.3) is 0 Å². The van der Waals surface area contributed by atoms with Crippen LogP contribution in [0.4, 0.5) is 4.39 Å². The van der Waals surface area contributed by atoms with E-state index in [1.165, 1.54) is 12.1 Å². The summed E-state index contributed by atoms with van der Waals surface area (Å²) in [6, 6.07) is 6.32. The van der Waals surface area contributed by atoms with E-state index < -0.39 is 0 Å². The van der Waals surface area contributed by atoms with Gasteiger partial charge in [-0.05, 0) is 24.1 Å². The highest BCUT2D eigenvalue weighted by Crippen LogP contribution is 2.14. The molecule has 2 rings (SSSR count). The van der Waals surface area contributed by atoms with E-state index >= 15 is 0 Å². The zero-order valence-corrected chi connectivity index (χ0v) is 9.03. The van der Waals surface area contributed by atoms with Crippen LogP contribution in [0.5, 0.6) is 0 Å². The van der Waals surface area contributed by atoms with E-state index in [4.69, 9.17) is 5.73 Å². The molecule has 1 atom stereocenters. The smallest absolute Gasteiger partial charge is 0.224 e. The monoisotopic (exact) mass is 222 g/mol. The van der Waals surface area contributed by atoms with Crippen LogP contribution in [0.3, 0.4) is 0 Å². The quantitative estimate of drug-likeness (QED) is 0.819. The number of nitrogens with two attached hydrogens (primary N) is 1.